The normalized spacial score (nSPS) is 19.0. The van der Waals surface area contributed by atoms with Crippen LogP contribution in [0.25, 0.3) is 0 Å². The highest BCUT2D eigenvalue weighted by Crippen LogP contribution is 2.45. The second-order valence-electron chi connectivity index (χ2n) is 7.97. The highest BCUT2D eigenvalue weighted by atomic mass is 32.2. The Morgan fingerprint density at radius 2 is 2.04 bits per heavy atom. The van der Waals surface area contributed by atoms with Crippen LogP contribution in [0.2, 0.25) is 0 Å². The maximum Gasteiger partial charge on any atom is 0.224 e. The number of carbonyl (C=O) groups excluding carboxylic acids is 1. The number of amides is 1. The molecule has 1 aromatic rings. The van der Waals surface area contributed by atoms with Crippen molar-refractivity contribution in [2.24, 2.45) is 11.3 Å². The third-order valence-electron chi connectivity index (χ3n) is 4.39. The van der Waals surface area contributed by atoms with E-state index < -0.39 is 0 Å². The van der Waals surface area contributed by atoms with Crippen molar-refractivity contribution >= 4 is 17.7 Å². The van der Waals surface area contributed by atoms with Gasteiger partial charge in [0.2, 0.25) is 5.91 Å². The summed E-state index contributed by atoms with van der Waals surface area (Å²) in [4.78, 5) is 14.9. The summed E-state index contributed by atoms with van der Waals surface area (Å²) in [5, 5.41) is -0.000568. The number of benzene rings is 1. The van der Waals surface area contributed by atoms with Crippen LogP contribution in [0.1, 0.15) is 51.5 Å². The molecule has 1 saturated heterocycles. The highest BCUT2D eigenvalue weighted by Gasteiger charge is 2.34. The largest absolute Gasteiger partial charge is 0.493 e. The summed E-state index contributed by atoms with van der Waals surface area (Å²) in [5.74, 6) is 3.00. The molecule has 1 amide bonds. The topological polar surface area (TPSA) is 38.8 Å². The number of rotatable bonds is 6. The average molecular weight is 366 g/mol. The van der Waals surface area contributed by atoms with Gasteiger partial charge in [0, 0.05) is 24.3 Å². The lowest BCUT2D eigenvalue weighted by Gasteiger charge is -2.28. The number of methoxy groups -OCH3 is 2. The molecule has 0 N–H and O–H groups in total. The Kier molecular flexibility index (Phi) is 6.66. The van der Waals surface area contributed by atoms with Crippen LogP contribution in [0.5, 0.6) is 11.5 Å². The van der Waals surface area contributed by atoms with Crippen molar-refractivity contribution in [1.82, 2.24) is 4.90 Å². The van der Waals surface area contributed by atoms with E-state index in [-0.39, 0.29) is 16.7 Å². The average Bonchev–Trinajstić information content (AvgIpc) is 3.01. The minimum absolute atomic E-state index is 0.000568. The van der Waals surface area contributed by atoms with Crippen molar-refractivity contribution in [3.63, 3.8) is 0 Å². The number of nitrogens with zero attached hydrogens (tertiary/aromatic N) is 1. The van der Waals surface area contributed by atoms with E-state index in [0.717, 1.165) is 30.0 Å². The zero-order valence-corrected chi connectivity index (χ0v) is 17.1. The molecule has 140 valence electrons. The van der Waals surface area contributed by atoms with Gasteiger partial charge in [-0.3, -0.25) is 4.79 Å². The number of carbonyl (C=O) groups is 1. The molecule has 1 heterocycles. The van der Waals surface area contributed by atoms with E-state index in [4.69, 9.17) is 9.47 Å². The van der Waals surface area contributed by atoms with Gasteiger partial charge in [-0.2, -0.15) is 0 Å². The van der Waals surface area contributed by atoms with Crippen molar-refractivity contribution in [1.29, 1.82) is 0 Å². The van der Waals surface area contributed by atoms with Gasteiger partial charge in [-0.05, 0) is 23.8 Å². The molecule has 25 heavy (non-hydrogen) atoms. The lowest BCUT2D eigenvalue weighted by molar-refractivity contribution is -0.132. The van der Waals surface area contributed by atoms with Gasteiger partial charge in [0.1, 0.15) is 5.37 Å². The predicted molar refractivity (Wildman–Crippen MR) is 104 cm³/mol. The van der Waals surface area contributed by atoms with Crippen molar-refractivity contribution in [3.8, 4) is 11.5 Å². The Balaban J connectivity index is 2.16. The number of hydrogen-bond donors (Lipinski definition) is 0. The standard InChI is InChI=1S/C20H31NO3S/c1-14(13-20(2,3)4)12-17(22)21-10-11-25-19(21)15-8-7-9-16(23-5)18(15)24-6/h7-9,14,19H,10-13H2,1-6H3/t14-,19-/m0/s1. The highest BCUT2D eigenvalue weighted by molar-refractivity contribution is 7.99. The Hall–Kier alpha value is -1.36. The SMILES string of the molecule is COc1cccc([C@@H]2SCCN2C(=O)C[C@H](C)CC(C)(C)C)c1OC. The van der Waals surface area contributed by atoms with Crippen LogP contribution >= 0.6 is 11.8 Å². The summed E-state index contributed by atoms with van der Waals surface area (Å²) in [6.07, 6.45) is 1.65. The van der Waals surface area contributed by atoms with Crippen LogP contribution in [0.3, 0.4) is 0 Å². The molecule has 0 bridgehead atoms. The van der Waals surface area contributed by atoms with E-state index in [2.05, 4.69) is 27.7 Å². The molecule has 2 rings (SSSR count). The number of thioether (sulfide) groups is 1. The molecule has 1 aliphatic heterocycles. The van der Waals surface area contributed by atoms with Gasteiger partial charge in [0.05, 0.1) is 14.2 Å². The van der Waals surface area contributed by atoms with Gasteiger partial charge in [-0.25, -0.2) is 0 Å². The van der Waals surface area contributed by atoms with Gasteiger partial charge in [-0.15, -0.1) is 11.8 Å². The first kappa shape index (κ1) is 20.0. The number of hydrogen-bond acceptors (Lipinski definition) is 4. The third kappa shape index (κ3) is 5.06. The zero-order valence-electron chi connectivity index (χ0n) is 16.3. The maximum atomic E-state index is 12.9. The first-order valence-corrected chi connectivity index (χ1v) is 9.93. The number of para-hydroxylation sites is 1. The van der Waals surface area contributed by atoms with Crippen molar-refractivity contribution < 1.29 is 14.3 Å². The summed E-state index contributed by atoms with van der Waals surface area (Å²) < 4.78 is 11.0. The molecule has 1 aliphatic rings. The Morgan fingerprint density at radius 3 is 2.64 bits per heavy atom. The molecule has 0 spiro atoms. The first-order valence-electron chi connectivity index (χ1n) is 8.88. The smallest absolute Gasteiger partial charge is 0.224 e. The van der Waals surface area contributed by atoms with Crippen molar-refractivity contribution in [2.45, 2.75) is 45.9 Å². The fourth-order valence-electron chi connectivity index (χ4n) is 3.62. The summed E-state index contributed by atoms with van der Waals surface area (Å²) in [6, 6.07) is 5.88. The van der Waals surface area contributed by atoms with Crippen LogP contribution in [0.4, 0.5) is 0 Å². The minimum atomic E-state index is -0.000568. The quantitative estimate of drug-likeness (QED) is 0.730. The molecule has 0 saturated carbocycles. The summed E-state index contributed by atoms with van der Waals surface area (Å²) in [6.45, 7) is 9.64. The second-order valence-corrected chi connectivity index (χ2v) is 9.16. The molecule has 0 radical (unpaired) electrons. The van der Waals surface area contributed by atoms with E-state index >= 15 is 0 Å². The van der Waals surface area contributed by atoms with Crippen LogP contribution in [0.15, 0.2) is 18.2 Å². The van der Waals surface area contributed by atoms with Crippen LogP contribution in [0, 0.1) is 11.3 Å². The predicted octanol–water partition coefficient (Wildman–Crippen LogP) is 4.74. The summed E-state index contributed by atoms with van der Waals surface area (Å²) >= 11 is 1.79. The van der Waals surface area contributed by atoms with Gasteiger partial charge >= 0.3 is 0 Å². The monoisotopic (exact) mass is 365 g/mol. The van der Waals surface area contributed by atoms with Crippen molar-refractivity contribution in [2.75, 3.05) is 26.5 Å². The molecule has 0 aromatic heterocycles. The van der Waals surface area contributed by atoms with Crippen LogP contribution in [-0.2, 0) is 4.79 Å². The first-order chi connectivity index (χ1) is 11.8. The van der Waals surface area contributed by atoms with Gasteiger partial charge < -0.3 is 14.4 Å². The molecule has 0 aliphatic carbocycles. The molecule has 1 aromatic carbocycles. The second kappa shape index (κ2) is 8.35. The lowest BCUT2D eigenvalue weighted by atomic mass is 9.84. The van der Waals surface area contributed by atoms with E-state index in [1.54, 1.807) is 26.0 Å². The lowest BCUT2D eigenvalue weighted by Crippen LogP contribution is -2.32. The molecule has 5 heteroatoms. The van der Waals surface area contributed by atoms with Gasteiger partial charge in [-0.1, -0.05) is 39.8 Å². The molecule has 4 nitrogen and oxygen atoms in total. The zero-order chi connectivity index (χ0) is 18.6. The van der Waals surface area contributed by atoms with Crippen molar-refractivity contribution in [3.05, 3.63) is 23.8 Å². The fourth-order valence-corrected chi connectivity index (χ4v) is 4.92. The molecular formula is C20H31NO3S. The Labute approximate surface area is 156 Å². The minimum Gasteiger partial charge on any atom is -0.493 e. The van der Waals surface area contributed by atoms with E-state index in [0.29, 0.717) is 18.1 Å². The van der Waals surface area contributed by atoms with E-state index in [1.165, 1.54) is 0 Å². The van der Waals surface area contributed by atoms with E-state index in [9.17, 15) is 4.79 Å². The van der Waals surface area contributed by atoms with Gasteiger partial charge in [0.15, 0.2) is 11.5 Å². The molecular weight excluding hydrogens is 334 g/mol. The van der Waals surface area contributed by atoms with Gasteiger partial charge in [0.25, 0.3) is 0 Å². The van der Waals surface area contributed by atoms with Crippen LogP contribution in [-0.4, -0.2) is 37.3 Å². The summed E-state index contributed by atoms with van der Waals surface area (Å²) in [7, 11) is 3.29. The maximum absolute atomic E-state index is 12.9. The molecule has 0 unspecified atom stereocenters. The Bertz CT molecular complexity index is 597. The van der Waals surface area contributed by atoms with E-state index in [1.807, 2.05) is 23.1 Å². The third-order valence-corrected chi connectivity index (χ3v) is 5.64. The fraction of sp³-hybridized carbons (Fsp3) is 0.650. The Morgan fingerprint density at radius 1 is 1.32 bits per heavy atom. The van der Waals surface area contributed by atoms with Crippen LogP contribution < -0.4 is 9.47 Å². The molecule has 2 atom stereocenters. The summed E-state index contributed by atoms with van der Waals surface area (Å²) in [5.41, 5.74) is 1.26. The number of ether oxygens (including phenoxy) is 2. The molecule has 1 fully saturated rings.